The van der Waals surface area contributed by atoms with Crippen LogP contribution < -0.4 is 5.63 Å². The van der Waals surface area contributed by atoms with Crippen LogP contribution in [0.3, 0.4) is 0 Å². The van der Waals surface area contributed by atoms with E-state index < -0.39 is 17.2 Å². The minimum absolute atomic E-state index is 0.00233. The third-order valence-corrected chi connectivity index (χ3v) is 3.65. The fourth-order valence-electron chi connectivity index (χ4n) is 2.57. The number of fused-ring (bicyclic) bond motifs is 1. The van der Waals surface area contributed by atoms with E-state index in [-0.39, 0.29) is 28.4 Å². The van der Waals surface area contributed by atoms with Gasteiger partial charge in [0, 0.05) is 0 Å². The molecular formula is C18H14O6. The van der Waals surface area contributed by atoms with Crippen LogP contribution in [0, 0.1) is 0 Å². The molecule has 1 N–H and O–H groups in total. The summed E-state index contributed by atoms with van der Waals surface area (Å²) in [6, 6.07) is 8.50. The van der Waals surface area contributed by atoms with Crippen molar-refractivity contribution >= 4 is 11.9 Å². The first kappa shape index (κ1) is 15.6. The Labute approximate surface area is 137 Å². The van der Waals surface area contributed by atoms with Crippen molar-refractivity contribution in [3.05, 3.63) is 69.7 Å². The molecule has 1 aliphatic carbocycles. The van der Waals surface area contributed by atoms with Crippen molar-refractivity contribution in [3.63, 3.8) is 0 Å². The molecule has 0 bridgehead atoms. The molecule has 2 aromatic rings. The quantitative estimate of drug-likeness (QED) is 0.689. The zero-order valence-corrected chi connectivity index (χ0v) is 13.0. The molecule has 0 saturated heterocycles. The number of carbonyl (C=O) groups excluding carboxylic acids is 1. The largest absolute Gasteiger partial charge is 0.506 e. The van der Waals surface area contributed by atoms with Gasteiger partial charge in [-0.3, -0.25) is 4.79 Å². The Kier molecular flexibility index (Phi) is 3.95. The Morgan fingerprint density at radius 1 is 1.00 bits per heavy atom. The topological polar surface area (TPSA) is 86.0 Å². The maximum Gasteiger partial charge on any atom is 0.347 e. The molecular weight excluding hydrogens is 312 g/mol. The van der Waals surface area contributed by atoms with Crippen molar-refractivity contribution in [2.24, 2.45) is 0 Å². The second-order valence-corrected chi connectivity index (χ2v) is 4.99. The van der Waals surface area contributed by atoms with Crippen LogP contribution in [0.2, 0.25) is 0 Å². The molecule has 0 fully saturated rings. The molecule has 1 aliphatic rings. The summed E-state index contributed by atoms with van der Waals surface area (Å²) in [7, 11) is 2.73. The SMILES string of the molecule is COC(OC)=C1C=Cc2oc(=O)c(-c3ccccc3)c(O)c2C1=O. The molecule has 1 aromatic carbocycles. The number of Topliss-reactive ketones (excluding diaryl/α,β-unsaturated/α-hetero) is 1. The monoisotopic (exact) mass is 326 g/mol. The summed E-state index contributed by atoms with van der Waals surface area (Å²) >= 11 is 0. The van der Waals surface area contributed by atoms with Gasteiger partial charge in [-0.2, -0.15) is 0 Å². The van der Waals surface area contributed by atoms with Crippen molar-refractivity contribution in [2.75, 3.05) is 14.2 Å². The molecule has 0 unspecified atom stereocenters. The zero-order valence-electron chi connectivity index (χ0n) is 13.0. The molecule has 0 aliphatic heterocycles. The van der Waals surface area contributed by atoms with E-state index in [0.717, 1.165) is 0 Å². The minimum Gasteiger partial charge on any atom is -0.506 e. The molecule has 6 nitrogen and oxygen atoms in total. The van der Waals surface area contributed by atoms with Gasteiger partial charge in [0.25, 0.3) is 5.95 Å². The molecule has 0 atom stereocenters. The number of allylic oxidation sites excluding steroid dienone is 2. The van der Waals surface area contributed by atoms with Gasteiger partial charge < -0.3 is 19.0 Å². The van der Waals surface area contributed by atoms with Crippen molar-refractivity contribution in [1.29, 1.82) is 0 Å². The highest BCUT2D eigenvalue weighted by Crippen LogP contribution is 2.36. The highest BCUT2D eigenvalue weighted by molar-refractivity contribution is 6.17. The number of carbonyl (C=O) groups is 1. The van der Waals surface area contributed by atoms with Crippen LogP contribution in [0.5, 0.6) is 5.75 Å². The van der Waals surface area contributed by atoms with Crippen molar-refractivity contribution in [2.45, 2.75) is 0 Å². The Bertz CT molecular complexity index is 913. The van der Waals surface area contributed by atoms with Crippen LogP contribution in [0.4, 0.5) is 0 Å². The summed E-state index contributed by atoms with van der Waals surface area (Å²) in [5.41, 5.74) is -0.305. The summed E-state index contributed by atoms with van der Waals surface area (Å²) in [6.45, 7) is 0. The second kappa shape index (κ2) is 6.08. The zero-order chi connectivity index (χ0) is 17.3. The highest BCUT2D eigenvalue weighted by Gasteiger charge is 2.31. The van der Waals surface area contributed by atoms with Crippen molar-refractivity contribution in [3.8, 4) is 16.9 Å². The molecule has 0 spiro atoms. The molecule has 122 valence electrons. The summed E-state index contributed by atoms with van der Waals surface area (Å²) in [6.07, 6.45) is 2.83. The Hall–Kier alpha value is -3.28. The fraction of sp³-hybridized carbons (Fsp3) is 0.111. The van der Waals surface area contributed by atoms with Crippen LogP contribution in [-0.2, 0) is 9.47 Å². The summed E-state index contributed by atoms with van der Waals surface area (Å²) in [5.74, 6) is -0.971. The van der Waals surface area contributed by atoms with Gasteiger partial charge in [0.05, 0.1) is 14.2 Å². The lowest BCUT2D eigenvalue weighted by Gasteiger charge is -2.16. The van der Waals surface area contributed by atoms with Crippen LogP contribution in [-0.4, -0.2) is 25.1 Å². The molecule has 0 amide bonds. The first-order chi connectivity index (χ1) is 11.6. The number of aromatic hydroxyl groups is 1. The predicted octanol–water partition coefficient (Wildman–Crippen LogP) is 2.73. The molecule has 1 heterocycles. The third kappa shape index (κ3) is 2.38. The van der Waals surface area contributed by atoms with Gasteiger partial charge in [-0.25, -0.2) is 4.79 Å². The molecule has 3 rings (SSSR count). The average Bonchev–Trinajstić information content (AvgIpc) is 2.58. The molecule has 0 radical (unpaired) electrons. The summed E-state index contributed by atoms with van der Waals surface area (Å²) in [5, 5.41) is 10.6. The van der Waals surface area contributed by atoms with Crippen LogP contribution in [0.25, 0.3) is 17.2 Å². The lowest BCUT2D eigenvalue weighted by molar-refractivity contribution is 0.0841. The van der Waals surface area contributed by atoms with Gasteiger partial charge in [0.15, 0.2) is 0 Å². The van der Waals surface area contributed by atoms with E-state index in [0.29, 0.717) is 5.56 Å². The van der Waals surface area contributed by atoms with E-state index in [1.54, 1.807) is 30.3 Å². The molecule has 0 saturated carbocycles. The number of rotatable bonds is 3. The minimum atomic E-state index is -0.721. The van der Waals surface area contributed by atoms with Gasteiger partial charge >= 0.3 is 5.63 Å². The van der Waals surface area contributed by atoms with Crippen molar-refractivity contribution in [1.82, 2.24) is 0 Å². The van der Waals surface area contributed by atoms with E-state index in [4.69, 9.17) is 13.9 Å². The maximum absolute atomic E-state index is 12.7. The molecule has 6 heteroatoms. The Balaban J connectivity index is 2.27. The van der Waals surface area contributed by atoms with Gasteiger partial charge in [0.2, 0.25) is 5.78 Å². The first-order valence-corrected chi connectivity index (χ1v) is 7.09. The van der Waals surface area contributed by atoms with Gasteiger partial charge in [0.1, 0.15) is 28.2 Å². The van der Waals surface area contributed by atoms with E-state index in [9.17, 15) is 14.7 Å². The number of methoxy groups -OCH3 is 2. The number of hydrogen-bond donors (Lipinski definition) is 1. The molecule has 24 heavy (non-hydrogen) atoms. The summed E-state index contributed by atoms with van der Waals surface area (Å²) < 4.78 is 15.2. The molecule has 1 aromatic heterocycles. The van der Waals surface area contributed by atoms with Crippen LogP contribution in [0.15, 0.2) is 57.1 Å². The smallest absolute Gasteiger partial charge is 0.347 e. The Morgan fingerprint density at radius 2 is 1.67 bits per heavy atom. The van der Waals surface area contributed by atoms with E-state index >= 15 is 0 Å². The van der Waals surface area contributed by atoms with E-state index in [1.807, 2.05) is 0 Å². The third-order valence-electron chi connectivity index (χ3n) is 3.65. The Morgan fingerprint density at radius 3 is 2.29 bits per heavy atom. The standard InChI is InChI=1S/C18H14O6/c1-22-18(23-2)11-8-9-12-14(15(11)19)16(20)13(17(21)24-12)10-6-4-3-5-7-10/h3-9,20H,1-2H3. The maximum atomic E-state index is 12.7. The van der Waals surface area contributed by atoms with E-state index in [1.165, 1.54) is 26.4 Å². The van der Waals surface area contributed by atoms with Crippen LogP contribution in [0.1, 0.15) is 16.1 Å². The predicted molar refractivity (Wildman–Crippen MR) is 86.5 cm³/mol. The first-order valence-electron chi connectivity index (χ1n) is 7.09. The lowest BCUT2D eigenvalue weighted by Crippen LogP contribution is -2.16. The number of benzene rings is 1. The summed E-state index contributed by atoms with van der Waals surface area (Å²) in [4.78, 5) is 24.9. The van der Waals surface area contributed by atoms with Gasteiger partial charge in [-0.05, 0) is 17.7 Å². The average molecular weight is 326 g/mol. The number of ketones is 1. The van der Waals surface area contributed by atoms with E-state index in [2.05, 4.69) is 0 Å². The van der Waals surface area contributed by atoms with Gasteiger partial charge in [-0.15, -0.1) is 0 Å². The second-order valence-electron chi connectivity index (χ2n) is 4.99. The van der Waals surface area contributed by atoms with Gasteiger partial charge in [-0.1, -0.05) is 30.3 Å². The fourth-order valence-corrected chi connectivity index (χ4v) is 2.57. The number of hydrogen-bond acceptors (Lipinski definition) is 6. The van der Waals surface area contributed by atoms with Crippen molar-refractivity contribution < 1.29 is 23.8 Å². The highest BCUT2D eigenvalue weighted by atomic mass is 16.7. The lowest BCUT2D eigenvalue weighted by atomic mass is 9.93. The normalized spacial score (nSPS) is 12.8. The van der Waals surface area contributed by atoms with Crippen LogP contribution >= 0.6 is 0 Å². The number of ether oxygens (including phenoxy) is 2.